The normalized spacial score (nSPS) is 18.4. The number of likely N-dealkylation sites (N-methyl/N-ethyl adjacent to an activating group) is 2. The molecule has 1 aliphatic heterocycles. The maximum atomic E-state index is 12.1. The number of pyridine rings is 1. The summed E-state index contributed by atoms with van der Waals surface area (Å²) in [5, 5.41) is 0. The van der Waals surface area contributed by atoms with Crippen LogP contribution in [0.4, 0.5) is 0 Å². The first-order valence-electron chi connectivity index (χ1n) is 7.16. The molecule has 0 spiro atoms. The first kappa shape index (κ1) is 15.4. The van der Waals surface area contributed by atoms with E-state index in [1.165, 1.54) is 0 Å². The van der Waals surface area contributed by atoms with E-state index in [0.29, 0.717) is 19.6 Å². The monoisotopic (exact) mass is 290 g/mol. The minimum atomic E-state index is 0.0547. The fourth-order valence-corrected chi connectivity index (χ4v) is 2.21. The van der Waals surface area contributed by atoms with Crippen molar-refractivity contribution in [2.24, 2.45) is 0 Å². The number of nitrogens with zero attached hydrogens (tertiary/aromatic N) is 4. The second kappa shape index (κ2) is 7.17. The largest absolute Gasteiger partial charge is 0.343 e. The number of hydrogen-bond donors (Lipinski definition) is 0. The van der Waals surface area contributed by atoms with E-state index in [1.807, 2.05) is 23.1 Å². The minimum absolute atomic E-state index is 0.0547. The molecule has 0 atom stereocenters. The highest BCUT2D eigenvalue weighted by molar-refractivity contribution is 5.81. The second-order valence-electron chi connectivity index (χ2n) is 5.41. The lowest BCUT2D eigenvalue weighted by Crippen LogP contribution is -2.41. The van der Waals surface area contributed by atoms with Gasteiger partial charge in [0, 0.05) is 52.0 Å². The van der Waals surface area contributed by atoms with Crippen molar-refractivity contribution in [3.05, 3.63) is 30.1 Å². The molecule has 1 saturated heterocycles. The molecule has 0 saturated carbocycles. The molecule has 6 nitrogen and oxygen atoms in total. The van der Waals surface area contributed by atoms with Gasteiger partial charge in [0.05, 0.1) is 13.1 Å². The smallest absolute Gasteiger partial charge is 0.236 e. The van der Waals surface area contributed by atoms with Gasteiger partial charge in [-0.05, 0) is 12.1 Å². The highest BCUT2D eigenvalue weighted by Gasteiger charge is 2.22. The van der Waals surface area contributed by atoms with Crippen LogP contribution in [0.25, 0.3) is 0 Å². The molecule has 6 heteroatoms. The van der Waals surface area contributed by atoms with Gasteiger partial charge in [-0.25, -0.2) is 0 Å². The predicted octanol–water partition coefficient (Wildman–Crippen LogP) is -0.143. The molecule has 0 bridgehead atoms. The van der Waals surface area contributed by atoms with Crippen LogP contribution in [0.2, 0.25) is 0 Å². The molecule has 2 heterocycles. The van der Waals surface area contributed by atoms with Gasteiger partial charge >= 0.3 is 0 Å². The molecule has 2 amide bonds. The van der Waals surface area contributed by atoms with Gasteiger partial charge in [-0.1, -0.05) is 6.07 Å². The first-order chi connectivity index (χ1) is 10.1. The van der Waals surface area contributed by atoms with Gasteiger partial charge in [0.2, 0.25) is 11.8 Å². The first-order valence-corrected chi connectivity index (χ1v) is 7.16. The molecular weight excluding hydrogens is 268 g/mol. The predicted molar refractivity (Wildman–Crippen MR) is 79.7 cm³/mol. The van der Waals surface area contributed by atoms with Gasteiger partial charge in [-0.3, -0.25) is 19.5 Å². The molecule has 0 unspecified atom stereocenters. The van der Waals surface area contributed by atoms with Gasteiger partial charge in [0.15, 0.2) is 0 Å². The van der Waals surface area contributed by atoms with Crippen LogP contribution < -0.4 is 0 Å². The van der Waals surface area contributed by atoms with Crippen LogP contribution in [-0.2, 0) is 16.0 Å². The number of hydrogen-bond acceptors (Lipinski definition) is 4. The van der Waals surface area contributed by atoms with E-state index in [9.17, 15) is 9.59 Å². The van der Waals surface area contributed by atoms with Crippen molar-refractivity contribution in [2.45, 2.75) is 6.42 Å². The van der Waals surface area contributed by atoms with Crippen molar-refractivity contribution in [2.75, 3.05) is 46.8 Å². The van der Waals surface area contributed by atoms with Crippen LogP contribution in [0.3, 0.4) is 0 Å². The SMILES string of the molecule is CN1CCN(C)C(=O)CN(CCc2ccccn2)CC1=O. The van der Waals surface area contributed by atoms with Gasteiger partial charge in [0.25, 0.3) is 0 Å². The van der Waals surface area contributed by atoms with Crippen LogP contribution in [-0.4, -0.2) is 78.3 Å². The maximum Gasteiger partial charge on any atom is 0.236 e. The molecule has 114 valence electrons. The summed E-state index contributed by atoms with van der Waals surface area (Å²) in [5.74, 6) is 0.109. The Bertz CT molecular complexity index is 468. The van der Waals surface area contributed by atoms with E-state index in [-0.39, 0.29) is 24.9 Å². The maximum absolute atomic E-state index is 12.1. The van der Waals surface area contributed by atoms with E-state index in [4.69, 9.17) is 0 Å². The number of rotatable bonds is 3. The molecular formula is C15H22N4O2. The number of amides is 2. The molecule has 1 aromatic heterocycles. The number of carbonyl (C=O) groups is 2. The summed E-state index contributed by atoms with van der Waals surface area (Å²) in [6, 6.07) is 5.78. The standard InChI is InChI=1S/C15H22N4O2/c1-17-9-10-18(2)15(21)12-19(11-14(17)20)8-6-13-5-3-4-7-16-13/h3-5,7H,6,8-12H2,1-2H3. The van der Waals surface area contributed by atoms with Crippen LogP contribution >= 0.6 is 0 Å². The Morgan fingerprint density at radius 1 is 1.05 bits per heavy atom. The van der Waals surface area contributed by atoms with Gasteiger partial charge in [-0.15, -0.1) is 0 Å². The Morgan fingerprint density at radius 3 is 2.19 bits per heavy atom. The van der Waals surface area contributed by atoms with E-state index in [1.54, 1.807) is 30.1 Å². The second-order valence-corrected chi connectivity index (χ2v) is 5.41. The topological polar surface area (TPSA) is 56.8 Å². The average molecular weight is 290 g/mol. The zero-order valence-electron chi connectivity index (χ0n) is 12.7. The third-order valence-electron chi connectivity index (χ3n) is 3.75. The van der Waals surface area contributed by atoms with Crippen molar-refractivity contribution in [1.82, 2.24) is 19.7 Å². The van der Waals surface area contributed by atoms with Crippen molar-refractivity contribution in [3.8, 4) is 0 Å². The third kappa shape index (κ3) is 4.53. The van der Waals surface area contributed by atoms with Gasteiger partial charge < -0.3 is 9.80 Å². The lowest BCUT2D eigenvalue weighted by molar-refractivity contribution is -0.131. The molecule has 21 heavy (non-hydrogen) atoms. The quantitative estimate of drug-likeness (QED) is 0.777. The van der Waals surface area contributed by atoms with E-state index >= 15 is 0 Å². The van der Waals surface area contributed by atoms with E-state index in [0.717, 1.165) is 12.1 Å². The Morgan fingerprint density at radius 2 is 1.67 bits per heavy atom. The summed E-state index contributed by atoms with van der Waals surface area (Å²) in [5.41, 5.74) is 0.971. The molecule has 2 rings (SSSR count). The zero-order chi connectivity index (χ0) is 15.2. The van der Waals surface area contributed by atoms with Crippen LogP contribution in [0.1, 0.15) is 5.69 Å². The third-order valence-corrected chi connectivity index (χ3v) is 3.75. The Kier molecular flexibility index (Phi) is 5.27. The summed E-state index contributed by atoms with van der Waals surface area (Å²) in [6.07, 6.45) is 2.49. The van der Waals surface area contributed by atoms with Crippen molar-refractivity contribution in [3.63, 3.8) is 0 Å². The van der Waals surface area contributed by atoms with Gasteiger partial charge in [-0.2, -0.15) is 0 Å². The molecule has 0 N–H and O–H groups in total. The van der Waals surface area contributed by atoms with Crippen LogP contribution in [0.15, 0.2) is 24.4 Å². The number of aromatic nitrogens is 1. The lowest BCUT2D eigenvalue weighted by atomic mass is 10.2. The minimum Gasteiger partial charge on any atom is -0.343 e. The highest BCUT2D eigenvalue weighted by Crippen LogP contribution is 2.03. The fraction of sp³-hybridized carbons (Fsp3) is 0.533. The summed E-state index contributed by atoms with van der Waals surface area (Å²) < 4.78 is 0. The van der Waals surface area contributed by atoms with Crippen LogP contribution in [0.5, 0.6) is 0 Å². The van der Waals surface area contributed by atoms with E-state index < -0.39 is 0 Å². The molecule has 0 aliphatic carbocycles. The lowest BCUT2D eigenvalue weighted by Gasteiger charge is -2.22. The highest BCUT2D eigenvalue weighted by atomic mass is 16.2. The van der Waals surface area contributed by atoms with Crippen molar-refractivity contribution in [1.29, 1.82) is 0 Å². The average Bonchev–Trinajstić information content (AvgIpc) is 2.53. The molecule has 1 aromatic rings. The molecule has 1 fully saturated rings. The molecule has 0 radical (unpaired) electrons. The van der Waals surface area contributed by atoms with Crippen molar-refractivity contribution >= 4 is 11.8 Å². The molecule has 0 aromatic carbocycles. The Hall–Kier alpha value is -1.95. The summed E-state index contributed by atoms with van der Waals surface area (Å²) in [6.45, 7) is 2.37. The molecule has 1 aliphatic rings. The summed E-state index contributed by atoms with van der Waals surface area (Å²) in [7, 11) is 3.56. The van der Waals surface area contributed by atoms with Crippen LogP contribution in [0, 0.1) is 0 Å². The summed E-state index contributed by atoms with van der Waals surface area (Å²) in [4.78, 5) is 33.7. The van der Waals surface area contributed by atoms with Gasteiger partial charge in [0.1, 0.15) is 0 Å². The summed E-state index contributed by atoms with van der Waals surface area (Å²) >= 11 is 0. The van der Waals surface area contributed by atoms with Crippen molar-refractivity contribution < 1.29 is 9.59 Å². The number of carbonyl (C=O) groups excluding carboxylic acids is 2. The van der Waals surface area contributed by atoms with E-state index in [2.05, 4.69) is 4.98 Å². The Balaban J connectivity index is 2.00. The zero-order valence-corrected chi connectivity index (χ0v) is 12.7. The fourth-order valence-electron chi connectivity index (χ4n) is 2.21. The Labute approximate surface area is 125 Å².